The first kappa shape index (κ1) is 9.88. The molecule has 1 heterocycles. The molecule has 2 nitrogen and oxygen atoms in total. The first-order chi connectivity index (χ1) is 7.36. The summed E-state index contributed by atoms with van der Waals surface area (Å²) >= 11 is 3.75. The van der Waals surface area contributed by atoms with E-state index in [-0.39, 0.29) is 0 Å². The van der Waals surface area contributed by atoms with Crippen LogP contribution in [0.5, 0.6) is 0 Å². The third-order valence-corrected chi connectivity index (χ3v) is 4.63. The zero-order valence-electron chi connectivity index (χ0n) is 9.01. The highest BCUT2D eigenvalue weighted by Crippen LogP contribution is 2.35. The van der Waals surface area contributed by atoms with Crippen molar-refractivity contribution < 1.29 is 0 Å². The van der Waals surface area contributed by atoms with Crippen LogP contribution in [0.4, 0.5) is 0 Å². The number of halogens is 1. The van der Waals surface area contributed by atoms with Gasteiger partial charge in [0.25, 0.3) is 0 Å². The van der Waals surface area contributed by atoms with Crippen molar-refractivity contribution in [3.8, 4) is 0 Å². The van der Waals surface area contributed by atoms with Crippen molar-refractivity contribution in [2.45, 2.75) is 57.4 Å². The van der Waals surface area contributed by atoms with Crippen LogP contribution in [0.2, 0.25) is 0 Å². The molecule has 1 fully saturated rings. The van der Waals surface area contributed by atoms with Crippen molar-refractivity contribution >= 4 is 15.9 Å². The summed E-state index contributed by atoms with van der Waals surface area (Å²) in [6, 6.07) is 0.671. The zero-order chi connectivity index (χ0) is 10.3. The SMILES string of the molecule is Brc1c2c(nn1C1CCCC1)CCCC2. The van der Waals surface area contributed by atoms with Gasteiger partial charge in [-0.25, -0.2) is 0 Å². The molecule has 1 aromatic heterocycles. The molecule has 2 aliphatic carbocycles. The summed E-state index contributed by atoms with van der Waals surface area (Å²) in [6.45, 7) is 0. The second kappa shape index (κ2) is 3.93. The number of hydrogen-bond donors (Lipinski definition) is 0. The lowest BCUT2D eigenvalue weighted by Crippen LogP contribution is -2.07. The van der Waals surface area contributed by atoms with Gasteiger partial charge in [0.2, 0.25) is 0 Å². The highest BCUT2D eigenvalue weighted by atomic mass is 79.9. The van der Waals surface area contributed by atoms with Crippen LogP contribution in [0.3, 0.4) is 0 Å². The predicted octanol–water partition coefficient (Wildman–Crippen LogP) is 3.64. The molecule has 0 saturated heterocycles. The molecule has 0 aliphatic heterocycles. The van der Waals surface area contributed by atoms with Gasteiger partial charge < -0.3 is 0 Å². The Morgan fingerprint density at radius 2 is 1.80 bits per heavy atom. The van der Waals surface area contributed by atoms with E-state index in [0.717, 1.165) is 0 Å². The fourth-order valence-electron chi connectivity index (χ4n) is 2.92. The quantitative estimate of drug-likeness (QED) is 0.761. The molecular weight excluding hydrogens is 252 g/mol. The normalized spacial score (nSPS) is 21.9. The Morgan fingerprint density at radius 3 is 2.53 bits per heavy atom. The topological polar surface area (TPSA) is 17.8 Å². The summed E-state index contributed by atoms with van der Waals surface area (Å²) < 4.78 is 3.55. The number of fused-ring (bicyclic) bond motifs is 1. The van der Waals surface area contributed by atoms with Crippen LogP contribution in [0.1, 0.15) is 55.8 Å². The summed E-state index contributed by atoms with van der Waals surface area (Å²) in [5.41, 5.74) is 2.85. The van der Waals surface area contributed by atoms with E-state index < -0.39 is 0 Å². The van der Waals surface area contributed by atoms with E-state index in [2.05, 4.69) is 20.6 Å². The fraction of sp³-hybridized carbons (Fsp3) is 0.750. The molecule has 0 atom stereocenters. The van der Waals surface area contributed by atoms with Gasteiger partial charge in [-0.2, -0.15) is 5.10 Å². The molecule has 0 spiro atoms. The average Bonchev–Trinajstić information content (AvgIpc) is 2.87. The Morgan fingerprint density at radius 1 is 1.07 bits per heavy atom. The summed E-state index contributed by atoms with van der Waals surface area (Å²) in [5.74, 6) is 0. The summed E-state index contributed by atoms with van der Waals surface area (Å²) in [7, 11) is 0. The molecule has 3 heteroatoms. The van der Waals surface area contributed by atoms with Crippen LogP contribution in [0.25, 0.3) is 0 Å². The minimum Gasteiger partial charge on any atom is -0.255 e. The molecule has 0 N–H and O–H groups in total. The minimum absolute atomic E-state index is 0.671. The molecule has 82 valence electrons. The molecule has 1 aromatic rings. The van der Waals surface area contributed by atoms with E-state index in [1.54, 1.807) is 0 Å². The van der Waals surface area contributed by atoms with Gasteiger partial charge in [0.05, 0.1) is 11.7 Å². The third-order valence-electron chi connectivity index (χ3n) is 3.79. The van der Waals surface area contributed by atoms with E-state index in [0.29, 0.717) is 6.04 Å². The summed E-state index contributed by atoms with van der Waals surface area (Å²) in [6.07, 6.45) is 10.5. The second-order valence-corrected chi connectivity index (χ2v) is 5.56. The third kappa shape index (κ3) is 1.65. The molecule has 0 amide bonds. The van der Waals surface area contributed by atoms with Crippen LogP contribution >= 0.6 is 15.9 Å². The van der Waals surface area contributed by atoms with Crippen LogP contribution in [0.15, 0.2) is 4.60 Å². The van der Waals surface area contributed by atoms with Crippen molar-refractivity contribution in [1.29, 1.82) is 0 Å². The fourth-order valence-corrected chi connectivity index (χ4v) is 3.72. The molecule has 2 aliphatic rings. The van der Waals surface area contributed by atoms with E-state index in [1.807, 2.05) is 0 Å². The number of aryl methyl sites for hydroxylation is 1. The average molecular weight is 269 g/mol. The second-order valence-electron chi connectivity index (χ2n) is 4.81. The molecule has 0 unspecified atom stereocenters. The molecular formula is C12H17BrN2. The number of aromatic nitrogens is 2. The van der Waals surface area contributed by atoms with Crippen molar-refractivity contribution in [3.05, 3.63) is 15.9 Å². The highest BCUT2D eigenvalue weighted by molar-refractivity contribution is 9.10. The van der Waals surface area contributed by atoms with Gasteiger partial charge in [-0.15, -0.1) is 0 Å². The minimum atomic E-state index is 0.671. The molecule has 0 radical (unpaired) electrons. The van der Waals surface area contributed by atoms with Crippen LogP contribution in [-0.4, -0.2) is 9.78 Å². The van der Waals surface area contributed by atoms with Crippen molar-refractivity contribution in [1.82, 2.24) is 9.78 Å². The highest BCUT2D eigenvalue weighted by Gasteiger charge is 2.25. The largest absolute Gasteiger partial charge is 0.255 e. The van der Waals surface area contributed by atoms with Gasteiger partial charge >= 0.3 is 0 Å². The first-order valence-corrected chi connectivity index (χ1v) is 6.91. The van der Waals surface area contributed by atoms with Crippen molar-refractivity contribution in [2.24, 2.45) is 0 Å². The Kier molecular flexibility index (Phi) is 2.59. The van der Waals surface area contributed by atoms with Crippen LogP contribution in [0, 0.1) is 0 Å². The molecule has 1 saturated carbocycles. The van der Waals surface area contributed by atoms with Gasteiger partial charge in [0.15, 0.2) is 0 Å². The maximum atomic E-state index is 4.80. The zero-order valence-corrected chi connectivity index (χ0v) is 10.6. The first-order valence-electron chi connectivity index (χ1n) is 6.12. The van der Waals surface area contributed by atoms with E-state index in [1.165, 1.54) is 67.2 Å². The van der Waals surface area contributed by atoms with Crippen LogP contribution in [-0.2, 0) is 12.8 Å². The molecule has 3 rings (SSSR count). The van der Waals surface area contributed by atoms with Gasteiger partial charge in [-0.3, -0.25) is 4.68 Å². The lowest BCUT2D eigenvalue weighted by atomic mass is 9.99. The number of hydrogen-bond acceptors (Lipinski definition) is 1. The lowest BCUT2D eigenvalue weighted by Gasteiger charge is -2.11. The monoisotopic (exact) mass is 268 g/mol. The summed E-state index contributed by atoms with van der Waals surface area (Å²) in [4.78, 5) is 0. The smallest absolute Gasteiger partial charge is 0.107 e. The Balaban J connectivity index is 1.97. The van der Waals surface area contributed by atoms with Gasteiger partial charge in [-0.05, 0) is 54.5 Å². The van der Waals surface area contributed by atoms with Gasteiger partial charge in [0, 0.05) is 5.56 Å². The van der Waals surface area contributed by atoms with E-state index in [4.69, 9.17) is 5.10 Å². The number of nitrogens with zero attached hydrogens (tertiary/aromatic N) is 2. The van der Waals surface area contributed by atoms with Crippen molar-refractivity contribution in [3.63, 3.8) is 0 Å². The Bertz CT molecular complexity index is 364. The van der Waals surface area contributed by atoms with Crippen molar-refractivity contribution in [2.75, 3.05) is 0 Å². The molecule has 15 heavy (non-hydrogen) atoms. The molecule has 0 bridgehead atoms. The molecule has 0 aromatic carbocycles. The Hall–Kier alpha value is -0.310. The van der Waals surface area contributed by atoms with Crippen LogP contribution < -0.4 is 0 Å². The number of rotatable bonds is 1. The maximum absolute atomic E-state index is 4.80. The summed E-state index contributed by atoms with van der Waals surface area (Å²) in [5, 5.41) is 4.80. The van der Waals surface area contributed by atoms with Gasteiger partial charge in [0.1, 0.15) is 4.60 Å². The standard InChI is InChI=1S/C12H17BrN2/c13-12-10-7-3-4-8-11(10)14-15(12)9-5-1-2-6-9/h9H,1-8H2. The van der Waals surface area contributed by atoms with Gasteiger partial charge in [-0.1, -0.05) is 12.8 Å². The maximum Gasteiger partial charge on any atom is 0.107 e. The van der Waals surface area contributed by atoms with E-state index in [9.17, 15) is 0 Å². The van der Waals surface area contributed by atoms with E-state index >= 15 is 0 Å². The predicted molar refractivity (Wildman–Crippen MR) is 64.1 cm³/mol. The lowest BCUT2D eigenvalue weighted by molar-refractivity contribution is 0.454. The Labute approximate surface area is 99.2 Å².